The fourth-order valence-corrected chi connectivity index (χ4v) is 3.21. The molecule has 1 aromatic rings. The third-order valence-corrected chi connectivity index (χ3v) is 4.86. The zero-order valence-electron chi connectivity index (χ0n) is 13.8. The molecule has 4 nitrogen and oxygen atoms in total. The van der Waals surface area contributed by atoms with Crippen molar-refractivity contribution in [1.82, 2.24) is 10.3 Å². The van der Waals surface area contributed by atoms with E-state index in [0.29, 0.717) is 0 Å². The van der Waals surface area contributed by atoms with E-state index in [4.69, 9.17) is 0 Å². The number of hydrogen-bond donors (Lipinski definition) is 1. The van der Waals surface area contributed by atoms with Gasteiger partial charge in [-0.25, -0.2) is 9.37 Å². The van der Waals surface area contributed by atoms with Crippen molar-refractivity contribution in [1.29, 1.82) is 0 Å². The number of carbonyl (C=O) groups is 1. The van der Waals surface area contributed by atoms with Crippen LogP contribution in [0.25, 0.3) is 0 Å². The molecule has 1 aliphatic rings. The summed E-state index contributed by atoms with van der Waals surface area (Å²) in [5, 5.41) is 3.84. The Morgan fingerprint density at radius 1 is 1.33 bits per heavy atom. The van der Waals surface area contributed by atoms with E-state index >= 15 is 0 Å². The summed E-state index contributed by atoms with van der Waals surface area (Å²) in [6.45, 7) is 5.70. The SMILES string of the molecule is CC(C)(C)C(=O)NCC1(F)CCN(c2nc(C(F)(F)F)cs2)CC1. The number of halogens is 4. The Kier molecular flexibility index (Phi) is 5.13. The Balaban J connectivity index is 1.91. The number of thiazole rings is 1. The van der Waals surface area contributed by atoms with Gasteiger partial charge in [-0.05, 0) is 0 Å². The maximum atomic E-state index is 14.8. The maximum absolute atomic E-state index is 14.8. The summed E-state index contributed by atoms with van der Waals surface area (Å²) in [6.07, 6.45) is -4.19. The standard InChI is InChI=1S/C15H21F4N3OS/c1-13(2,3)11(23)20-9-14(16)4-6-22(7-5-14)12-21-10(8-24-12)15(17,18)19/h8H,4-7,9H2,1-3H3,(H,20,23). The molecule has 0 unspecified atom stereocenters. The highest BCUT2D eigenvalue weighted by molar-refractivity contribution is 7.13. The summed E-state index contributed by atoms with van der Waals surface area (Å²) in [7, 11) is 0. The Bertz CT molecular complexity index is 586. The molecule has 0 aromatic carbocycles. The van der Waals surface area contributed by atoms with Gasteiger partial charge in [-0.15, -0.1) is 11.3 Å². The van der Waals surface area contributed by atoms with Crippen molar-refractivity contribution in [3.05, 3.63) is 11.1 Å². The first-order valence-corrected chi connectivity index (χ1v) is 8.54. The second kappa shape index (κ2) is 6.50. The minimum atomic E-state index is -4.47. The Morgan fingerprint density at radius 2 is 1.92 bits per heavy atom. The van der Waals surface area contributed by atoms with Crippen molar-refractivity contribution in [2.24, 2.45) is 5.41 Å². The quantitative estimate of drug-likeness (QED) is 0.830. The number of piperidine rings is 1. The van der Waals surface area contributed by atoms with Crippen LogP contribution in [-0.4, -0.2) is 36.2 Å². The molecular weight excluding hydrogens is 346 g/mol. The highest BCUT2D eigenvalue weighted by Crippen LogP contribution is 2.35. The number of anilines is 1. The molecule has 24 heavy (non-hydrogen) atoms. The van der Waals surface area contributed by atoms with Crippen LogP contribution >= 0.6 is 11.3 Å². The first kappa shape index (κ1) is 19.0. The fraction of sp³-hybridized carbons (Fsp3) is 0.733. The van der Waals surface area contributed by atoms with Crippen molar-refractivity contribution in [3.8, 4) is 0 Å². The number of alkyl halides is 4. The molecule has 0 saturated carbocycles. The summed E-state index contributed by atoms with van der Waals surface area (Å²) >= 11 is 0.907. The number of carbonyl (C=O) groups excluding carboxylic acids is 1. The van der Waals surface area contributed by atoms with Crippen LogP contribution in [0, 0.1) is 5.41 Å². The van der Waals surface area contributed by atoms with Gasteiger partial charge < -0.3 is 10.2 Å². The van der Waals surface area contributed by atoms with Crippen LogP contribution in [0.5, 0.6) is 0 Å². The van der Waals surface area contributed by atoms with Crippen LogP contribution in [-0.2, 0) is 11.0 Å². The number of aromatic nitrogens is 1. The molecule has 2 heterocycles. The van der Waals surface area contributed by atoms with E-state index in [1.165, 1.54) is 0 Å². The predicted molar refractivity (Wildman–Crippen MR) is 84.9 cm³/mol. The van der Waals surface area contributed by atoms with Crippen molar-refractivity contribution >= 4 is 22.4 Å². The lowest BCUT2D eigenvalue weighted by molar-refractivity contribution is -0.140. The second-order valence-electron chi connectivity index (χ2n) is 7.08. The molecule has 1 amide bonds. The van der Waals surface area contributed by atoms with E-state index in [1.54, 1.807) is 25.7 Å². The van der Waals surface area contributed by atoms with Crippen LogP contribution in [0.2, 0.25) is 0 Å². The average molecular weight is 367 g/mol. The summed E-state index contributed by atoms with van der Waals surface area (Å²) in [4.78, 5) is 17.1. The molecule has 0 aliphatic carbocycles. The smallest absolute Gasteiger partial charge is 0.352 e. The molecule has 1 N–H and O–H groups in total. The lowest BCUT2D eigenvalue weighted by Gasteiger charge is -2.36. The largest absolute Gasteiger partial charge is 0.434 e. The monoisotopic (exact) mass is 367 g/mol. The first-order chi connectivity index (χ1) is 10.9. The van der Waals surface area contributed by atoms with Gasteiger partial charge in [0.15, 0.2) is 10.8 Å². The van der Waals surface area contributed by atoms with Gasteiger partial charge in [0.25, 0.3) is 0 Å². The van der Waals surface area contributed by atoms with Gasteiger partial charge in [-0.2, -0.15) is 13.2 Å². The van der Waals surface area contributed by atoms with Gasteiger partial charge in [-0.3, -0.25) is 4.79 Å². The molecule has 1 aromatic heterocycles. The van der Waals surface area contributed by atoms with Gasteiger partial charge >= 0.3 is 6.18 Å². The van der Waals surface area contributed by atoms with Crippen LogP contribution in [0.4, 0.5) is 22.7 Å². The van der Waals surface area contributed by atoms with Crippen LogP contribution in [0.3, 0.4) is 0 Å². The van der Waals surface area contributed by atoms with E-state index in [2.05, 4.69) is 10.3 Å². The third kappa shape index (κ3) is 4.58. The van der Waals surface area contributed by atoms with Gasteiger partial charge in [0.05, 0.1) is 6.54 Å². The van der Waals surface area contributed by atoms with E-state index in [1.807, 2.05) is 0 Å². The number of hydrogen-bond acceptors (Lipinski definition) is 4. The van der Waals surface area contributed by atoms with Gasteiger partial charge in [0.2, 0.25) is 5.91 Å². The zero-order valence-corrected chi connectivity index (χ0v) is 14.7. The summed E-state index contributed by atoms with van der Waals surface area (Å²) in [5.74, 6) is -0.225. The topological polar surface area (TPSA) is 45.2 Å². The number of nitrogens with zero attached hydrogens (tertiary/aromatic N) is 2. The first-order valence-electron chi connectivity index (χ1n) is 7.66. The van der Waals surface area contributed by atoms with Gasteiger partial charge in [0.1, 0.15) is 5.67 Å². The number of nitrogens with one attached hydrogen (secondary N) is 1. The highest BCUT2D eigenvalue weighted by atomic mass is 32.1. The lowest BCUT2D eigenvalue weighted by Crippen LogP contribution is -2.50. The van der Waals surface area contributed by atoms with Crippen molar-refractivity contribution < 1.29 is 22.4 Å². The molecule has 0 bridgehead atoms. The normalized spacial score (nSPS) is 18.5. The molecule has 2 rings (SSSR count). The van der Waals surface area contributed by atoms with E-state index in [0.717, 1.165) is 16.7 Å². The minimum absolute atomic E-state index is 0.0807. The maximum Gasteiger partial charge on any atom is 0.434 e. The third-order valence-electron chi connectivity index (χ3n) is 3.96. The molecule has 1 saturated heterocycles. The molecule has 0 spiro atoms. The van der Waals surface area contributed by atoms with Crippen molar-refractivity contribution in [3.63, 3.8) is 0 Å². The molecule has 136 valence electrons. The molecule has 0 radical (unpaired) electrons. The van der Waals surface area contributed by atoms with E-state index < -0.39 is 23.0 Å². The Labute approximate surface area is 142 Å². The minimum Gasteiger partial charge on any atom is -0.352 e. The molecule has 9 heteroatoms. The molecule has 1 aliphatic heterocycles. The summed E-state index contributed by atoms with van der Waals surface area (Å²) in [5.41, 5.74) is -3.05. The molecule has 0 atom stereocenters. The highest BCUT2D eigenvalue weighted by Gasteiger charge is 2.38. The fourth-order valence-electron chi connectivity index (χ4n) is 2.32. The van der Waals surface area contributed by atoms with Crippen LogP contribution < -0.4 is 10.2 Å². The van der Waals surface area contributed by atoms with Gasteiger partial charge in [0, 0.05) is 36.7 Å². The average Bonchev–Trinajstić information content (AvgIpc) is 2.94. The Hall–Kier alpha value is -1.38. The van der Waals surface area contributed by atoms with Crippen molar-refractivity contribution in [2.75, 3.05) is 24.5 Å². The van der Waals surface area contributed by atoms with E-state index in [9.17, 15) is 22.4 Å². The van der Waals surface area contributed by atoms with Gasteiger partial charge in [-0.1, -0.05) is 20.8 Å². The second-order valence-corrected chi connectivity index (χ2v) is 7.92. The Morgan fingerprint density at radius 3 is 2.38 bits per heavy atom. The van der Waals surface area contributed by atoms with Crippen LogP contribution in [0.1, 0.15) is 39.3 Å². The molecular formula is C15H21F4N3OS. The number of amides is 1. The van der Waals surface area contributed by atoms with Crippen molar-refractivity contribution in [2.45, 2.75) is 45.5 Å². The van der Waals surface area contributed by atoms with Crippen LogP contribution in [0.15, 0.2) is 5.38 Å². The summed E-state index contributed by atoms with van der Waals surface area (Å²) in [6, 6.07) is 0. The molecule has 1 fully saturated rings. The summed E-state index contributed by atoms with van der Waals surface area (Å²) < 4.78 is 52.5. The number of rotatable bonds is 3. The lowest BCUT2D eigenvalue weighted by atomic mass is 9.91. The van der Waals surface area contributed by atoms with E-state index in [-0.39, 0.29) is 43.5 Å². The predicted octanol–water partition coefficient (Wildman–Crippen LogP) is 3.63. The zero-order chi connectivity index (χ0) is 18.2.